The molecule has 4 unspecified atom stereocenters. The van der Waals surface area contributed by atoms with Gasteiger partial charge in [-0.15, -0.1) is 5.92 Å². The van der Waals surface area contributed by atoms with Crippen LogP contribution in [0.4, 0.5) is 0 Å². The molecular formula is C24H34N4O5S. The smallest absolute Gasteiger partial charge is 0.227 e. The van der Waals surface area contributed by atoms with Crippen LogP contribution in [-0.2, 0) is 10.0 Å². The van der Waals surface area contributed by atoms with Gasteiger partial charge in [0.15, 0.2) is 11.7 Å². The molecule has 0 aliphatic heterocycles. The van der Waals surface area contributed by atoms with Crippen molar-refractivity contribution in [3.63, 3.8) is 0 Å². The standard InChI is InChI=1S/C24H34N4O5S/c1-3-9-19(21(29)22-27-18-12-7-8-13-20(18)33-22)28-23(30)24(25-15-26-34(2,31)32)14-17(24)16-10-5-4-6-11-16/h7-8,12-13,16-17,19,21,23,25-26,28-30H,4-6,10-11,14-15H2,1-2H3/t17-,19?,21?,23?,24?/m0/s1. The zero-order chi connectivity index (χ0) is 24.3. The molecule has 10 heteroatoms. The lowest BCUT2D eigenvalue weighted by Gasteiger charge is -2.32. The van der Waals surface area contributed by atoms with Crippen LogP contribution in [0, 0.1) is 23.7 Å². The summed E-state index contributed by atoms with van der Waals surface area (Å²) in [5.41, 5.74) is 0.476. The SMILES string of the molecule is CC#CC(NC(O)C1(NCNS(C)(=O)=O)C[C@H]1C1CCCCC1)C(O)c1nc2ccccc2o1. The van der Waals surface area contributed by atoms with Crippen LogP contribution in [0.1, 0.15) is 57.4 Å². The number of fused-ring (bicyclic) bond motifs is 1. The van der Waals surface area contributed by atoms with E-state index < -0.39 is 33.9 Å². The van der Waals surface area contributed by atoms with Crippen LogP contribution < -0.4 is 15.4 Å². The summed E-state index contributed by atoms with van der Waals surface area (Å²) >= 11 is 0. The third-order valence-corrected chi connectivity index (χ3v) is 7.70. The van der Waals surface area contributed by atoms with Crippen molar-refractivity contribution in [1.82, 2.24) is 20.3 Å². The fourth-order valence-electron chi connectivity index (χ4n) is 5.22. The predicted octanol–water partition coefficient (Wildman–Crippen LogP) is 1.60. The molecule has 2 aliphatic carbocycles. The average Bonchev–Trinajstić information content (AvgIpc) is 3.38. The summed E-state index contributed by atoms with van der Waals surface area (Å²) in [5.74, 6) is 6.51. The molecule has 2 saturated carbocycles. The topological polar surface area (TPSA) is 137 Å². The van der Waals surface area contributed by atoms with Crippen molar-refractivity contribution in [3.8, 4) is 11.8 Å². The number of nitrogens with zero attached hydrogens (tertiary/aromatic N) is 1. The Labute approximate surface area is 200 Å². The first-order valence-corrected chi connectivity index (χ1v) is 13.7. The molecular weight excluding hydrogens is 456 g/mol. The Bertz CT molecular complexity index is 1120. The molecule has 0 bridgehead atoms. The third-order valence-electron chi connectivity index (χ3n) is 7.03. The molecule has 0 amide bonds. The first-order chi connectivity index (χ1) is 16.2. The van der Waals surface area contributed by atoms with E-state index in [1.54, 1.807) is 19.1 Å². The summed E-state index contributed by atoms with van der Waals surface area (Å²) in [4.78, 5) is 4.37. The molecule has 2 aliphatic rings. The van der Waals surface area contributed by atoms with Crippen LogP contribution in [0.2, 0.25) is 0 Å². The highest BCUT2D eigenvalue weighted by molar-refractivity contribution is 7.88. The maximum atomic E-state index is 11.6. The fraction of sp³-hybridized carbons (Fsp3) is 0.625. The van der Waals surface area contributed by atoms with E-state index in [1.807, 2.05) is 12.1 Å². The molecule has 9 nitrogen and oxygen atoms in total. The van der Waals surface area contributed by atoms with E-state index in [2.05, 4.69) is 32.2 Å². The van der Waals surface area contributed by atoms with Crippen LogP contribution in [0.15, 0.2) is 28.7 Å². The molecule has 1 aromatic heterocycles. The molecule has 2 aromatic rings. The molecule has 0 spiro atoms. The van der Waals surface area contributed by atoms with Crippen LogP contribution in [0.25, 0.3) is 11.1 Å². The second-order valence-corrected chi connectivity index (χ2v) is 11.3. The van der Waals surface area contributed by atoms with Crippen LogP contribution in [-0.4, -0.2) is 54.3 Å². The number of aromatic nitrogens is 1. The highest BCUT2D eigenvalue weighted by atomic mass is 32.2. The number of oxazole rings is 1. The molecule has 5 atom stereocenters. The first-order valence-electron chi connectivity index (χ1n) is 11.8. The summed E-state index contributed by atoms with van der Waals surface area (Å²) in [6.07, 6.45) is 5.32. The largest absolute Gasteiger partial charge is 0.438 e. The van der Waals surface area contributed by atoms with E-state index >= 15 is 0 Å². The molecule has 2 fully saturated rings. The Balaban J connectivity index is 1.51. The van der Waals surface area contributed by atoms with Crippen molar-refractivity contribution in [2.75, 3.05) is 12.9 Å². The normalized spacial score (nSPS) is 25.9. The van der Waals surface area contributed by atoms with Crippen molar-refractivity contribution in [1.29, 1.82) is 0 Å². The molecule has 1 heterocycles. The van der Waals surface area contributed by atoms with E-state index in [-0.39, 0.29) is 18.5 Å². The zero-order valence-corrected chi connectivity index (χ0v) is 20.4. The molecule has 4 rings (SSSR count). The molecule has 34 heavy (non-hydrogen) atoms. The van der Waals surface area contributed by atoms with Crippen LogP contribution in [0.3, 0.4) is 0 Å². The van der Waals surface area contributed by atoms with Gasteiger partial charge in [0.2, 0.25) is 15.9 Å². The second kappa shape index (κ2) is 10.3. The number of hydrogen-bond donors (Lipinski definition) is 5. The Hall–Kier alpha value is -2.00. The molecule has 0 saturated heterocycles. The number of sulfonamides is 1. The minimum atomic E-state index is -3.38. The van der Waals surface area contributed by atoms with Gasteiger partial charge in [-0.3, -0.25) is 10.6 Å². The maximum Gasteiger partial charge on any atom is 0.227 e. The number of para-hydroxylation sites is 2. The number of rotatable bonds is 10. The highest BCUT2D eigenvalue weighted by Crippen LogP contribution is 2.54. The Morgan fingerprint density at radius 2 is 1.97 bits per heavy atom. The lowest BCUT2D eigenvalue weighted by atomic mass is 9.84. The maximum absolute atomic E-state index is 11.6. The fourth-order valence-corrected chi connectivity index (χ4v) is 5.55. The number of benzene rings is 1. The Kier molecular flexibility index (Phi) is 7.62. The van der Waals surface area contributed by atoms with Gasteiger partial charge < -0.3 is 14.6 Å². The quantitative estimate of drug-likeness (QED) is 0.250. The van der Waals surface area contributed by atoms with Crippen molar-refractivity contribution >= 4 is 21.1 Å². The van der Waals surface area contributed by atoms with Crippen molar-refractivity contribution in [2.24, 2.45) is 11.8 Å². The van der Waals surface area contributed by atoms with Gasteiger partial charge in [0.1, 0.15) is 17.8 Å². The third kappa shape index (κ3) is 5.62. The monoisotopic (exact) mass is 490 g/mol. The summed E-state index contributed by atoms with van der Waals surface area (Å²) < 4.78 is 31.3. The lowest BCUT2D eigenvalue weighted by molar-refractivity contribution is 0.0324. The Morgan fingerprint density at radius 1 is 1.24 bits per heavy atom. The van der Waals surface area contributed by atoms with E-state index in [0.29, 0.717) is 23.4 Å². The van der Waals surface area contributed by atoms with Crippen molar-refractivity contribution < 1.29 is 23.0 Å². The van der Waals surface area contributed by atoms with Crippen molar-refractivity contribution in [2.45, 2.75) is 69.4 Å². The van der Waals surface area contributed by atoms with Gasteiger partial charge >= 0.3 is 0 Å². The minimum absolute atomic E-state index is 0.0125. The summed E-state index contributed by atoms with van der Waals surface area (Å²) in [6.45, 7) is 1.67. The van der Waals surface area contributed by atoms with E-state index in [4.69, 9.17) is 4.42 Å². The van der Waals surface area contributed by atoms with Gasteiger partial charge in [0.25, 0.3) is 0 Å². The number of hydrogen-bond acceptors (Lipinski definition) is 8. The van der Waals surface area contributed by atoms with Gasteiger partial charge in [-0.05, 0) is 37.3 Å². The van der Waals surface area contributed by atoms with Gasteiger partial charge in [0.05, 0.1) is 18.5 Å². The molecule has 0 radical (unpaired) electrons. The summed E-state index contributed by atoms with van der Waals surface area (Å²) in [7, 11) is -3.38. The predicted molar refractivity (Wildman–Crippen MR) is 129 cm³/mol. The molecule has 5 N–H and O–H groups in total. The first kappa shape index (κ1) is 25.1. The van der Waals surface area contributed by atoms with Gasteiger partial charge in [0, 0.05) is 0 Å². The summed E-state index contributed by atoms with van der Waals surface area (Å²) in [6, 6.07) is 6.40. The Morgan fingerprint density at radius 3 is 2.65 bits per heavy atom. The van der Waals surface area contributed by atoms with Gasteiger partial charge in [-0.25, -0.2) is 18.1 Å². The number of aliphatic hydroxyl groups is 2. The number of aliphatic hydroxyl groups excluding tert-OH is 2. The second-order valence-electron chi connectivity index (χ2n) is 9.43. The minimum Gasteiger partial charge on any atom is -0.438 e. The summed E-state index contributed by atoms with van der Waals surface area (Å²) in [5, 5.41) is 28.6. The lowest BCUT2D eigenvalue weighted by Crippen LogP contribution is -2.57. The van der Waals surface area contributed by atoms with Gasteiger partial charge in [-0.2, -0.15) is 0 Å². The zero-order valence-electron chi connectivity index (χ0n) is 19.6. The van der Waals surface area contributed by atoms with E-state index in [1.165, 1.54) is 19.3 Å². The van der Waals surface area contributed by atoms with Crippen LogP contribution in [0.5, 0.6) is 0 Å². The average molecular weight is 491 g/mol. The molecule has 1 aromatic carbocycles. The van der Waals surface area contributed by atoms with E-state index in [9.17, 15) is 18.6 Å². The van der Waals surface area contributed by atoms with Crippen LogP contribution >= 0.6 is 0 Å². The van der Waals surface area contributed by atoms with Gasteiger partial charge in [-0.1, -0.05) is 50.2 Å². The number of nitrogens with one attached hydrogen (secondary N) is 3. The van der Waals surface area contributed by atoms with Crippen molar-refractivity contribution in [3.05, 3.63) is 30.2 Å². The molecule has 186 valence electrons. The van der Waals surface area contributed by atoms with E-state index in [0.717, 1.165) is 19.1 Å². The highest BCUT2D eigenvalue weighted by Gasteiger charge is 2.61.